The van der Waals surface area contributed by atoms with Crippen LogP contribution in [0.15, 0.2) is 18.2 Å². The molecule has 0 unspecified atom stereocenters. The summed E-state index contributed by atoms with van der Waals surface area (Å²) in [7, 11) is 0. The van der Waals surface area contributed by atoms with Crippen molar-refractivity contribution in [3.63, 3.8) is 0 Å². The van der Waals surface area contributed by atoms with Crippen LogP contribution in [0.2, 0.25) is 0 Å². The van der Waals surface area contributed by atoms with Crippen LogP contribution in [0.4, 0.5) is 5.69 Å². The van der Waals surface area contributed by atoms with E-state index in [1.807, 2.05) is 25.1 Å². The first-order valence-electron chi connectivity index (χ1n) is 5.90. The molecule has 0 aliphatic heterocycles. The Labute approximate surface area is 103 Å². The molecule has 0 aliphatic carbocycles. The van der Waals surface area contributed by atoms with E-state index < -0.39 is 0 Å². The smallest absolute Gasteiger partial charge is 0.220 e. The van der Waals surface area contributed by atoms with Crippen LogP contribution in [0.25, 0.3) is 0 Å². The van der Waals surface area contributed by atoms with E-state index in [1.165, 1.54) is 0 Å². The molecular formula is C14H22N2O. The monoisotopic (exact) mass is 234 g/mol. The standard InChI is InChI=1S/C14H22N2O/c1-10-11(6-5-7-12(10)15)9-16-13(17)8-14(2,3)4/h5-7H,8-9,15H2,1-4H3,(H,16,17). The number of nitrogens with one attached hydrogen (secondary N) is 1. The number of rotatable bonds is 3. The fourth-order valence-corrected chi connectivity index (χ4v) is 1.63. The molecule has 0 heterocycles. The van der Waals surface area contributed by atoms with Crippen molar-refractivity contribution in [1.29, 1.82) is 0 Å². The Hall–Kier alpha value is -1.51. The highest BCUT2D eigenvalue weighted by atomic mass is 16.1. The Balaban J connectivity index is 2.56. The van der Waals surface area contributed by atoms with Gasteiger partial charge in [-0.3, -0.25) is 4.79 Å². The van der Waals surface area contributed by atoms with Crippen LogP contribution >= 0.6 is 0 Å². The molecule has 1 aromatic carbocycles. The Morgan fingerprint density at radius 1 is 1.35 bits per heavy atom. The molecule has 0 radical (unpaired) electrons. The van der Waals surface area contributed by atoms with Gasteiger partial charge in [-0.25, -0.2) is 0 Å². The van der Waals surface area contributed by atoms with Crippen LogP contribution in [0.3, 0.4) is 0 Å². The molecule has 3 heteroatoms. The van der Waals surface area contributed by atoms with Gasteiger partial charge < -0.3 is 11.1 Å². The molecule has 1 aromatic rings. The average molecular weight is 234 g/mol. The number of benzene rings is 1. The summed E-state index contributed by atoms with van der Waals surface area (Å²) in [6, 6.07) is 5.77. The fraction of sp³-hybridized carbons (Fsp3) is 0.500. The largest absolute Gasteiger partial charge is 0.399 e. The van der Waals surface area contributed by atoms with E-state index in [-0.39, 0.29) is 11.3 Å². The van der Waals surface area contributed by atoms with Crippen molar-refractivity contribution in [2.45, 2.75) is 40.7 Å². The van der Waals surface area contributed by atoms with Crippen LogP contribution in [0, 0.1) is 12.3 Å². The number of hydrogen-bond donors (Lipinski definition) is 2. The van der Waals surface area contributed by atoms with Crippen LogP contribution in [0.5, 0.6) is 0 Å². The summed E-state index contributed by atoms with van der Waals surface area (Å²) in [4.78, 5) is 11.7. The second kappa shape index (κ2) is 5.21. The number of carbonyl (C=O) groups excluding carboxylic acids is 1. The summed E-state index contributed by atoms with van der Waals surface area (Å²) >= 11 is 0. The molecule has 3 N–H and O–H groups in total. The third kappa shape index (κ3) is 4.47. The van der Waals surface area contributed by atoms with Gasteiger partial charge in [-0.1, -0.05) is 32.9 Å². The third-order valence-corrected chi connectivity index (χ3v) is 2.65. The van der Waals surface area contributed by atoms with Crippen molar-refractivity contribution in [2.24, 2.45) is 5.41 Å². The lowest BCUT2D eigenvalue weighted by Crippen LogP contribution is -2.27. The summed E-state index contributed by atoms with van der Waals surface area (Å²) < 4.78 is 0. The molecule has 0 aromatic heterocycles. The topological polar surface area (TPSA) is 55.1 Å². The van der Waals surface area contributed by atoms with Gasteiger partial charge in [0.15, 0.2) is 0 Å². The van der Waals surface area contributed by atoms with Gasteiger partial charge >= 0.3 is 0 Å². The Kier molecular flexibility index (Phi) is 4.16. The van der Waals surface area contributed by atoms with E-state index >= 15 is 0 Å². The second-order valence-electron chi connectivity index (χ2n) is 5.65. The maximum atomic E-state index is 11.7. The van der Waals surface area contributed by atoms with Gasteiger partial charge in [-0.05, 0) is 29.5 Å². The van der Waals surface area contributed by atoms with Crippen LogP contribution in [-0.4, -0.2) is 5.91 Å². The third-order valence-electron chi connectivity index (χ3n) is 2.65. The minimum atomic E-state index is 0.0227. The van der Waals surface area contributed by atoms with Crippen LogP contribution in [0.1, 0.15) is 38.3 Å². The zero-order valence-corrected chi connectivity index (χ0v) is 11.1. The molecule has 3 nitrogen and oxygen atoms in total. The number of nitrogens with two attached hydrogens (primary N) is 1. The molecule has 1 rings (SSSR count). The van der Waals surface area contributed by atoms with E-state index in [4.69, 9.17) is 5.73 Å². The second-order valence-corrected chi connectivity index (χ2v) is 5.65. The first-order valence-corrected chi connectivity index (χ1v) is 5.90. The summed E-state index contributed by atoms with van der Waals surface area (Å²) in [5.41, 5.74) is 8.73. The van der Waals surface area contributed by atoms with Crippen molar-refractivity contribution in [1.82, 2.24) is 5.32 Å². The van der Waals surface area contributed by atoms with Gasteiger partial charge in [0.25, 0.3) is 0 Å². The molecule has 0 atom stereocenters. The Morgan fingerprint density at radius 2 is 2.00 bits per heavy atom. The lowest BCUT2D eigenvalue weighted by molar-refractivity contribution is -0.122. The summed E-state index contributed by atoms with van der Waals surface area (Å²) in [6.45, 7) is 8.68. The zero-order chi connectivity index (χ0) is 13.1. The molecule has 17 heavy (non-hydrogen) atoms. The highest BCUT2D eigenvalue weighted by molar-refractivity contribution is 5.76. The normalized spacial score (nSPS) is 11.3. The van der Waals surface area contributed by atoms with E-state index in [9.17, 15) is 4.79 Å². The summed E-state index contributed by atoms with van der Waals surface area (Å²) in [6.07, 6.45) is 0.536. The van der Waals surface area contributed by atoms with E-state index in [0.717, 1.165) is 16.8 Å². The average Bonchev–Trinajstić information content (AvgIpc) is 2.18. The minimum absolute atomic E-state index is 0.0227. The highest BCUT2D eigenvalue weighted by Gasteiger charge is 2.15. The van der Waals surface area contributed by atoms with Gasteiger partial charge in [0.05, 0.1) is 0 Å². The van der Waals surface area contributed by atoms with E-state index in [2.05, 4.69) is 26.1 Å². The lowest BCUT2D eigenvalue weighted by Gasteiger charge is -2.17. The van der Waals surface area contributed by atoms with Crippen molar-refractivity contribution in [3.05, 3.63) is 29.3 Å². The maximum absolute atomic E-state index is 11.7. The first-order chi connectivity index (χ1) is 7.79. The van der Waals surface area contributed by atoms with Crippen molar-refractivity contribution < 1.29 is 4.79 Å². The number of hydrogen-bond acceptors (Lipinski definition) is 2. The minimum Gasteiger partial charge on any atom is -0.399 e. The molecule has 0 aliphatic rings. The van der Waals surface area contributed by atoms with Crippen molar-refractivity contribution in [3.8, 4) is 0 Å². The van der Waals surface area contributed by atoms with E-state index in [0.29, 0.717) is 13.0 Å². The van der Waals surface area contributed by atoms with Gasteiger partial charge in [0, 0.05) is 18.7 Å². The van der Waals surface area contributed by atoms with Crippen LogP contribution < -0.4 is 11.1 Å². The number of amides is 1. The number of nitrogen functional groups attached to an aromatic ring is 1. The lowest BCUT2D eigenvalue weighted by atomic mass is 9.92. The molecule has 0 saturated heterocycles. The van der Waals surface area contributed by atoms with Gasteiger partial charge in [0.2, 0.25) is 5.91 Å². The van der Waals surface area contributed by atoms with Gasteiger partial charge in [-0.2, -0.15) is 0 Å². The fourth-order valence-electron chi connectivity index (χ4n) is 1.63. The summed E-state index contributed by atoms with van der Waals surface area (Å²) in [5, 5.41) is 2.93. The van der Waals surface area contributed by atoms with E-state index in [1.54, 1.807) is 0 Å². The Bertz CT molecular complexity index is 405. The molecule has 0 bridgehead atoms. The first kappa shape index (κ1) is 13.6. The zero-order valence-electron chi connectivity index (χ0n) is 11.1. The predicted octanol–water partition coefficient (Wildman–Crippen LogP) is 2.63. The van der Waals surface area contributed by atoms with Crippen molar-refractivity contribution in [2.75, 3.05) is 5.73 Å². The van der Waals surface area contributed by atoms with Crippen LogP contribution in [-0.2, 0) is 11.3 Å². The van der Waals surface area contributed by atoms with Crippen molar-refractivity contribution >= 4 is 11.6 Å². The molecular weight excluding hydrogens is 212 g/mol. The molecule has 0 saturated carbocycles. The molecule has 0 fully saturated rings. The number of carbonyl (C=O) groups is 1. The summed E-state index contributed by atoms with van der Waals surface area (Å²) in [5.74, 6) is 0.0827. The quantitative estimate of drug-likeness (QED) is 0.790. The van der Waals surface area contributed by atoms with Gasteiger partial charge in [-0.15, -0.1) is 0 Å². The number of anilines is 1. The SMILES string of the molecule is Cc1c(N)cccc1CNC(=O)CC(C)(C)C. The Morgan fingerprint density at radius 3 is 2.59 bits per heavy atom. The highest BCUT2D eigenvalue weighted by Crippen LogP contribution is 2.18. The maximum Gasteiger partial charge on any atom is 0.220 e. The molecule has 0 spiro atoms. The van der Waals surface area contributed by atoms with Gasteiger partial charge in [0.1, 0.15) is 0 Å². The molecule has 1 amide bonds. The predicted molar refractivity (Wildman–Crippen MR) is 71.5 cm³/mol. The molecule has 94 valence electrons.